The first-order chi connectivity index (χ1) is 3.72. The fourth-order valence-corrected chi connectivity index (χ4v) is 1.31. The van der Waals surface area contributed by atoms with Crippen LogP contribution in [0.4, 0.5) is 0 Å². The molecule has 1 heterocycles. The minimum atomic E-state index is -0.784. The van der Waals surface area contributed by atoms with Crippen molar-refractivity contribution in [2.24, 2.45) is 5.73 Å². The van der Waals surface area contributed by atoms with E-state index in [2.05, 4.69) is 0 Å². The number of hydrogen-bond acceptors (Lipinski definition) is 3. The molecule has 1 aliphatic rings. The van der Waals surface area contributed by atoms with Gasteiger partial charge in [-0.1, -0.05) is 0 Å². The van der Waals surface area contributed by atoms with Gasteiger partial charge >= 0.3 is 5.97 Å². The summed E-state index contributed by atoms with van der Waals surface area (Å²) in [5.41, 5.74) is 5.32. The van der Waals surface area contributed by atoms with Gasteiger partial charge in [-0.25, -0.2) is 0 Å². The van der Waals surface area contributed by atoms with Gasteiger partial charge in [-0.15, -0.1) is 11.8 Å². The lowest BCUT2D eigenvalue weighted by Crippen LogP contribution is -2.48. The van der Waals surface area contributed by atoms with E-state index in [0.29, 0.717) is 0 Å². The quantitative estimate of drug-likeness (QED) is 0.507. The van der Waals surface area contributed by atoms with E-state index >= 15 is 0 Å². The molecule has 2 atom stereocenters. The molecule has 46 valence electrons. The topological polar surface area (TPSA) is 63.3 Å². The zero-order valence-corrected chi connectivity index (χ0v) is 5.02. The van der Waals surface area contributed by atoms with Crippen molar-refractivity contribution in [1.29, 1.82) is 0 Å². The smallest absolute Gasteiger partial charge is 0.318 e. The molecule has 1 saturated heterocycles. The summed E-state index contributed by atoms with van der Waals surface area (Å²) in [7, 11) is 0. The molecule has 0 spiro atoms. The second-order valence-electron chi connectivity index (χ2n) is 1.76. The Morgan fingerprint density at radius 2 is 2.50 bits per heavy atom. The van der Waals surface area contributed by atoms with Crippen LogP contribution in [0.3, 0.4) is 0 Å². The highest BCUT2D eigenvalue weighted by atomic mass is 32.2. The largest absolute Gasteiger partial charge is 0.480 e. The molecular weight excluding hydrogens is 126 g/mol. The van der Waals surface area contributed by atoms with Crippen LogP contribution < -0.4 is 5.73 Å². The normalized spacial score (nSPS) is 36.1. The van der Waals surface area contributed by atoms with Gasteiger partial charge in [0.15, 0.2) is 0 Å². The van der Waals surface area contributed by atoms with Gasteiger partial charge in [-0.2, -0.15) is 0 Å². The Morgan fingerprint density at radius 1 is 1.88 bits per heavy atom. The zero-order chi connectivity index (χ0) is 6.15. The van der Waals surface area contributed by atoms with E-state index in [1.165, 1.54) is 11.8 Å². The lowest BCUT2D eigenvalue weighted by molar-refractivity contribution is -0.136. The van der Waals surface area contributed by atoms with Crippen LogP contribution in [0.2, 0.25) is 0 Å². The van der Waals surface area contributed by atoms with Crippen molar-refractivity contribution in [2.45, 2.75) is 11.3 Å². The Kier molecular flexibility index (Phi) is 1.44. The Bertz CT molecular complexity index is 117. The molecule has 1 rings (SSSR count). The average Bonchev–Trinajstić information content (AvgIpc) is 1.61. The Labute approximate surface area is 51.2 Å². The highest BCUT2D eigenvalue weighted by molar-refractivity contribution is 8.02. The Hall–Kier alpha value is -0.220. The first-order valence-electron chi connectivity index (χ1n) is 2.32. The third-order valence-electron chi connectivity index (χ3n) is 1.10. The van der Waals surface area contributed by atoms with E-state index in [0.717, 1.165) is 5.75 Å². The van der Waals surface area contributed by atoms with E-state index in [4.69, 9.17) is 10.8 Å². The Morgan fingerprint density at radius 3 is 2.50 bits per heavy atom. The number of nitrogens with two attached hydrogens (primary N) is 1. The minimum absolute atomic E-state index is 0.113. The molecule has 2 unspecified atom stereocenters. The van der Waals surface area contributed by atoms with Crippen molar-refractivity contribution >= 4 is 17.7 Å². The molecule has 0 amide bonds. The molecule has 3 nitrogen and oxygen atoms in total. The maximum Gasteiger partial charge on any atom is 0.318 e. The predicted octanol–water partition coefficient (Wildman–Crippen LogP) is -0.486. The fourth-order valence-electron chi connectivity index (χ4n) is 0.558. The van der Waals surface area contributed by atoms with Crippen molar-refractivity contribution in [3.05, 3.63) is 0 Å². The zero-order valence-electron chi connectivity index (χ0n) is 4.20. The van der Waals surface area contributed by atoms with Gasteiger partial charge in [0.25, 0.3) is 0 Å². The number of hydrogen-bond donors (Lipinski definition) is 2. The van der Waals surface area contributed by atoms with Gasteiger partial charge in [0.2, 0.25) is 0 Å². The summed E-state index contributed by atoms with van der Waals surface area (Å²) in [4.78, 5) is 10.1. The second-order valence-corrected chi connectivity index (χ2v) is 2.93. The summed E-state index contributed by atoms with van der Waals surface area (Å²) in [5.74, 6) is 0.00509. The molecular formula is C4H7NO2S. The van der Waals surface area contributed by atoms with Gasteiger partial charge in [0.05, 0.1) is 0 Å². The van der Waals surface area contributed by atoms with Crippen LogP contribution in [-0.4, -0.2) is 28.1 Å². The van der Waals surface area contributed by atoms with Gasteiger partial charge in [-0.05, 0) is 0 Å². The van der Waals surface area contributed by atoms with Crippen LogP contribution >= 0.6 is 11.8 Å². The van der Waals surface area contributed by atoms with Crippen LogP contribution in [0.25, 0.3) is 0 Å². The third-order valence-corrected chi connectivity index (χ3v) is 2.59. The van der Waals surface area contributed by atoms with Gasteiger partial charge in [-0.3, -0.25) is 4.79 Å². The molecule has 1 aliphatic heterocycles. The molecule has 0 bridgehead atoms. The summed E-state index contributed by atoms with van der Waals surface area (Å²) in [5, 5.41) is 7.96. The van der Waals surface area contributed by atoms with Crippen molar-refractivity contribution in [3.63, 3.8) is 0 Å². The summed E-state index contributed by atoms with van der Waals surface area (Å²) >= 11 is 1.40. The molecule has 0 aromatic carbocycles. The summed E-state index contributed by atoms with van der Waals surface area (Å²) in [6, 6.07) is -0.113. The summed E-state index contributed by atoms with van der Waals surface area (Å²) < 4.78 is 0. The van der Waals surface area contributed by atoms with Crippen LogP contribution in [0, 0.1) is 0 Å². The lowest BCUT2D eigenvalue weighted by Gasteiger charge is -2.28. The number of aliphatic carboxylic acids is 1. The maximum absolute atomic E-state index is 10.1. The number of carbonyl (C=O) groups is 1. The SMILES string of the molecule is NC1CSC1C(=O)O. The van der Waals surface area contributed by atoms with E-state index in [-0.39, 0.29) is 11.3 Å². The first kappa shape index (κ1) is 5.91. The van der Waals surface area contributed by atoms with Gasteiger partial charge in [0, 0.05) is 11.8 Å². The molecule has 8 heavy (non-hydrogen) atoms. The van der Waals surface area contributed by atoms with Crippen molar-refractivity contribution < 1.29 is 9.90 Å². The predicted molar refractivity (Wildman–Crippen MR) is 31.9 cm³/mol. The van der Waals surface area contributed by atoms with E-state index < -0.39 is 5.97 Å². The van der Waals surface area contributed by atoms with E-state index in [1.807, 2.05) is 0 Å². The standard InChI is InChI=1S/C4H7NO2S/c5-2-1-8-3(2)4(6)7/h2-3H,1,5H2,(H,6,7). The molecule has 0 aromatic rings. The maximum atomic E-state index is 10.1. The average molecular weight is 133 g/mol. The molecule has 0 radical (unpaired) electrons. The van der Waals surface area contributed by atoms with Crippen molar-refractivity contribution in [1.82, 2.24) is 0 Å². The van der Waals surface area contributed by atoms with Crippen molar-refractivity contribution in [2.75, 3.05) is 5.75 Å². The van der Waals surface area contributed by atoms with Gasteiger partial charge < -0.3 is 10.8 Å². The van der Waals surface area contributed by atoms with Crippen LogP contribution in [0.15, 0.2) is 0 Å². The van der Waals surface area contributed by atoms with E-state index in [9.17, 15) is 4.79 Å². The second kappa shape index (κ2) is 1.95. The Balaban J connectivity index is 2.37. The minimum Gasteiger partial charge on any atom is -0.480 e. The molecule has 0 aliphatic carbocycles. The van der Waals surface area contributed by atoms with Crippen LogP contribution in [0.1, 0.15) is 0 Å². The summed E-state index contributed by atoms with van der Waals surface area (Å²) in [6.45, 7) is 0. The molecule has 3 N–H and O–H groups in total. The molecule has 1 fully saturated rings. The van der Waals surface area contributed by atoms with Gasteiger partial charge in [0.1, 0.15) is 5.25 Å². The third kappa shape index (κ3) is 0.809. The molecule has 4 heteroatoms. The first-order valence-corrected chi connectivity index (χ1v) is 3.36. The number of carboxylic acids is 1. The molecule has 0 aromatic heterocycles. The summed E-state index contributed by atoms with van der Waals surface area (Å²) in [6.07, 6.45) is 0. The lowest BCUT2D eigenvalue weighted by atomic mass is 10.2. The highest BCUT2D eigenvalue weighted by Gasteiger charge is 2.34. The molecule has 0 saturated carbocycles. The van der Waals surface area contributed by atoms with Crippen molar-refractivity contribution in [3.8, 4) is 0 Å². The van der Waals surface area contributed by atoms with Crippen LogP contribution in [-0.2, 0) is 4.79 Å². The number of rotatable bonds is 1. The fraction of sp³-hybridized carbons (Fsp3) is 0.750. The monoisotopic (exact) mass is 133 g/mol. The highest BCUT2D eigenvalue weighted by Crippen LogP contribution is 2.26. The number of carboxylic acid groups (broad SMARTS) is 1. The van der Waals surface area contributed by atoms with E-state index in [1.54, 1.807) is 0 Å². The van der Waals surface area contributed by atoms with Crippen LogP contribution in [0.5, 0.6) is 0 Å². The number of thioether (sulfide) groups is 1.